The van der Waals surface area contributed by atoms with Crippen molar-refractivity contribution in [1.82, 2.24) is 9.13 Å². The summed E-state index contributed by atoms with van der Waals surface area (Å²) in [5.74, 6) is -1.24. The molecule has 0 unspecified atom stereocenters. The molecule has 5 nitrogen and oxygen atoms in total. The number of carbonyl (C=O) groups is 1. The van der Waals surface area contributed by atoms with Gasteiger partial charge in [-0.1, -0.05) is 6.07 Å². The van der Waals surface area contributed by atoms with Crippen LogP contribution in [0.1, 0.15) is 10.4 Å². The SMILES string of the molecule is Cn1c(=O)n(C)c2cc(C(=O)[O-])ccc21. The number of hydrogen-bond donors (Lipinski definition) is 0. The molecule has 0 fully saturated rings. The zero-order chi connectivity index (χ0) is 11.2. The van der Waals surface area contributed by atoms with E-state index >= 15 is 0 Å². The molecule has 5 heteroatoms. The molecule has 2 aromatic rings. The third-order valence-electron chi connectivity index (χ3n) is 2.51. The Balaban J connectivity index is 2.89. The van der Waals surface area contributed by atoms with Crippen molar-refractivity contribution in [2.45, 2.75) is 0 Å². The number of fused-ring (bicyclic) bond motifs is 1. The van der Waals surface area contributed by atoms with E-state index in [0.29, 0.717) is 11.0 Å². The van der Waals surface area contributed by atoms with Gasteiger partial charge in [-0.15, -0.1) is 0 Å². The number of carboxylic acids is 1. The lowest BCUT2D eigenvalue weighted by molar-refractivity contribution is -0.255. The fourth-order valence-electron chi connectivity index (χ4n) is 1.63. The topological polar surface area (TPSA) is 67.1 Å². The zero-order valence-electron chi connectivity index (χ0n) is 8.35. The van der Waals surface area contributed by atoms with Crippen LogP contribution in [-0.4, -0.2) is 15.1 Å². The molecule has 0 aliphatic carbocycles. The Labute approximate surface area is 85.2 Å². The average molecular weight is 205 g/mol. The van der Waals surface area contributed by atoms with E-state index in [-0.39, 0.29) is 11.3 Å². The molecule has 2 rings (SSSR count). The van der Waals surface area contributed by atoms with Crippen molar-refractivity contribution < 1.29 is 9.90 Å². The molecule has 1 heterocycles. The molecule has 0 aliphatic heterocycles. The van der Waals surface area contributed by atoms with Gasteiger partial charge in [0.15, 0.2) is 0 Å². The highest BCUT2D eigenvalue weighted by Gasteiger charge is 2.07. The maximum Gasteiger partial charge on any atom is 0.328 e. The summed E-state index contributed by atoms with van der Waals surface area (Å²) in [5, 5.41) is 10.6. The van der Waals surface area contributed by atoms with Crippen molar-refractivity contribution in [2.24, 2.45) is 14.1 Å². The smallest absolute Gasteiger partial charge is 0.328 e. The number of aryl methyl sites for hydroxylation is 2. The summed E-state index contributed by atoms with van der Waals surface area (Å²) in [6.45, 7) is 0. The number of aromatic nitrogens is 2. The molecule has 0 saturated carbocycles. The molecule has 0 atom stereocenters. The predicted octanol–water partition coefficient (Wildman–Crippen LogP) is -0.759. The minimum Gasteiger partial charge on any atom is -0.545 e. The van der Waals surface area contributed by atoms with Gasteiger partial charge in [-0.3, -0.25) is 9.13 Å². The molecule has 15 heavy (non-hydrogen) atoms. The third kappa shape index (κ3) is 1.24. The number of carboxylic acid groups (broad SMARTS) is 1. The first kappa shape index (κ1) is 9.51. The van der Waals surface area contributed by atoms with E-state index in [1.54, 1.807) is 20.2 Å². The summed E-state index contributed by atoms with van der Waals surface area (Å²) in [6, 6.07) is 4.46. The van der Waals surface area contributed by atoms with E-state index in [1.807, 2.05) is 0 Å². The Morgan fingerprint density at radius 2 is 1.80 bits per heavy atom. The molecule has 0 radical (unpaired) electrons. The van der Waals surface area contributed by atoms with Crippen LogP contribution >= 0.6 is 0 Å². The van der Waals surface area contributed by atoms with Crippen LogP contribution in [0, 0.1) is 0 Å². The maximum atomic E-state index is 11.5. The van der Waals surface area contributed by atoms with Gasteiger partial charge in [0.25, 0.3) is 0 Å². The molecule has 0 bridgehead atoms. The van der Waals surface area contributed by atoms with E-state index in [0.717, 1.165) is 0 Å². The lowest BCUT2D eigenvalue weighted by Gasteiger charge is -2.02. The van der Waals surface area contributed by atoms with E-state index < -0.39 is 5.97 Å². The predicted molar refractivity (Wildman–Crippen MR) is 52.5 cm³/mol. The molecule has 1 aromatic heterocycles. The fraction of sp³-hybridized carbons (Fsp3) is 0.200. The van der Waals surface area contributed by atoms with E-state index in [2.05, 4.69) is 0 Å². The van der Waals surface area contributed by atoms with Gasteiger partial charge in [0, 0.05) is 14.1 Å². The highest BCUT2D eigenvalue weighted by Crippen LogP contribution is 2.13. The van der Waals surface area contributed by atoms with Gasteiger partial charge in [-0.25, -0.2) is 4.79 Å². The lowest BCUT2D eigenvalue weighted by atomic mass is 10.2. The van der Waals surface area contributed by atoms with Crippen molar-refractivity contribution in [3.63, 3.8) is 0 Å². The first-order valence-electron chi connectivity index (χ1n) is 4.39. The van der Waals surface area contributed by atoms with Crippen molar-refractivity contribution in [3.05, 3.63) is 34.2 Å². The molecule has 78 valence electrons. The van der Waals surface area contributed by atoms with Crippen LogP contribution in [0.4, 0.5) is 0 Å². The summed E-state index contributed by atoms with van der Waals surface area (Å²) in [5.41, 5.74) is 1.18. The van der Waals surface area contributed by atoms with Gasteiger partial charge in [0.05, 0.1) is 17.0 Å². The molecule has 0 N–H and O–H groups in total. The normalized spacial score (nSPS) is 10.8. The van der Waals surface area contributed by atoms with E-state index in [4.69, 9.17) is 0 Å². The first-order chi connectivity index (χ1) is 7.02. The van der Waals surface area contributed by atoms with Crippen LogP contribution in [0.15, 0.2) is 23.0 Å². The Bertz CT molecular complexity index is 607. The monoisotopic (exact) mass is 205 g/mol. The Morgan fingerprint density at radius 1 is 1.20 bits per heavy atom. The van der Waals surface area contributed by atoms with Gasteiger partial charge in [-0.2, -0.15) is 0 Å². The molecule has 0 saturated heterocycles. The molecule has 1 aromatic carbocycles. The van der Waals surface area contributed by atoms with Gasteiger partial charge in [0.1, 0.15) is 0 Å². The summed E-state index contributed by atoms with van der Waals surface area (Å²) < 4.78 is 2.87. The second-order valence-corrected chi connectivity index (χ2v) is 3.39. The fourth-order valence-corrected chi connectivity index (χ4v) is 1.63. The molecular weight excluding hydrogens is 196 g/mol. The first-order valence-corrected chi connectivity index (χ1v) is 4.39. The van der Waals surface area contributed by atoms with Gasteiger partial charge in [-0.05, 0) is 17.7 Å². The quantitative estimate of drug-likeness (QED) is 0.614. The second-order valence-electron chi connectivity index (χ2n) is 3.39. The van der Waals surface area contributed by atoms with E-state index in [9.17, 15) is 14.7 Å². The number of aromatic carboxylic acids is 1. The number of hydrogen-bond acceptors (Lipinski definition) is 3. The van der Waals surface area contributed by atoms with Crippen molar-refractivity contribution in [1.29, 1.82) is 0 Å². The van der Waals surface area contributed by atoms with E-state index in [1.165, 1.54) is 21.3 Å². The molecule has 0 spiro atoms. The van der Waals surface area contributed by atoms with Crippen LogP contribution in [0.2, 0.25) is 0 Å². The van der Waals surface area contributed by atoms with Gasteiger partial charge < -0.3 is 9.90 Å². The standard InChI is InChI=1S/C10H10N2O3/c1-11-7-4-3-6(9(13)14)5-8(7)12(2)10(11)15/h3-5H,1-2H3,(H,13,14)/p-1. The highest BCUT2D eigenvalue weighted by molar-refractivity contribution is 5.91. The Morgan fingerprint density at radius 3 is 2.40 bits per heavy atom. The minimum absolute atomic E-state index is 0.0729. The molecule has 0 amide bonds. The van der Waals surface area contributed by atoms with Crippen molar-refractivity contribution in [2.75, 3.05) is 0 Å². The van der Waals surface area contributed by atoms with Crippen LogP contribution < -0.4 is 10.8 Å². The molecule has 0 aliphatic rings. The van der Waals surface area contributed by atoms with Crippen LogP contribution in [0.5, 0.6) is 0 Å². The van der Waals surface area contributed by atoms with Crippen LogP contribution in [0.3, 0.4) is 0 Å². The van der Waals surface area contributed by atoms with Gasteiger partial charge >= 0.3 is 5.69 Å². The minimum atomic E-state index is -1.24. The third-order valence-corrected chi connectivity index (χ3v) is 2.51. The van der Waals surface area contributed by atoms with Gasteiger partial charge in [0.2, 0.25) is 0 Å². The largest absolute Gasteiger partial charge is 0.545 e. The van der Waals surface area contributed by atoms with Crippen LogP contribution in [0.25, 0.3) is 11.0 Å². The summed E-state index contributed by atoms with van der Waals surface area (Å²) in [4.78, 5) is 22.2. The van der Waals surface area contributed by atoms with Crippen LogP contribution in [-0.2, 0) is 14.1 Å². The number of carbonyl (C=O) groups excluding carboxylic acids is 1. The number of rotatable bonds is 1. The molecular formula is C10H9N2O3-. The number of imidazole rings is 1. The lowest BCUT2D eigenvalue weighted by Crippen LogP contribution is -2.22. The summed E-state index contributed by atoms with van der Waals surface area (Å²) >= 11 is 0. The number of benzene rings is 1. The van der Waals surface area contributed by atoms with Crippen molar-refractivity contribution >= 4 is 17.0 Å². The second kappa shape index (κ2) is 2.98. The Kier molecular flexibility index (Phi) is 1.89. The average Bonchev–Trinajstić information content (AvgIpc) is 2.44. The maximum absolute atomic E-state index is 11.5. The van der Waals surface area contributed by atoms with Crippen molar-refractivity contribution in [3.8, 4) is 0 Å². The number of nitrogens with zero attached hydrogens (tertiary/aromatic N) is 2. The summed E-state index contributed by atoms with van der Waals surface area (Å²) in [6.07, 6.45) is 0. The highest BCUT2D eigenvalue weighted by atomic mass is 16.4. The zero-order valence-corrected chi connectivity index (χ0v) is 8.35. The Hall–Kier alpha value is -2.04. The summed E-state index contributed by atoms with van der Waals surface area (Å²) in [7, 11) is 3.24.